The van der Waals surface area contributed by atoms with E-state index >= 15 is 0 Å². The summed E-state index contributed by atoms with van der Waals surface area (Å²) in [6.07, 6.45) is -3.46. The van der Waals surface area contributed by atoms with Crippen molar-refractivity contribution in [3.05, 3.63) is 29.3 Å². The van der Waals surface area contributed by atoms with Gasteiger partial charge in [-0.25, -0.2) is 17.6 Å². The van der Waals surface area contributed by atoms with E-state index in [1.54, 1.807) is 0 Å². The third kappa shape index (κ3) is 3.09. The lowest BCUT2D eigenvalue weighted by atomic mass is 9.93. The normalized spacial score (nSPS) is 14.8. The average molecular weight is 251 g/mol. The highest BCUT2D eigenvalue weighted by atomic mass is 19.3. The molecule has 0 radical (unpaired) electrons. The summed E-state index contributed by atoms with van der Waals surface area (Å²) in [5.41, 5.74) is 2.85. The monoisotopic (exact) mass is 251 g/mol. The van der Waals surface area contributed by atoms with Crippen LogP contribution >= 0.6 is 0 Å². The SMILES string of the molecule is COc1cc(F)c(CC(C)(N)C(F)F)c(F)c1. The van der Waals surface area contributed by atoms with Gasteiger partial charge in [0.1, 0.15) is 17.4 Å². The van der Waals surface area contributed by atoms with Crippen molar-refractivity contribution >= 4 is 0 Å². The van der Waals surface area contributed by atoms with Crippen molar-refractivity contribution in [2.75, 3.05) is 7.11 Å². The molecule has 0 aliphatic heterocycles. The number of methoxy groups -OCH3 is 1. The van der Waals surface area contributed by atoms with E-state index in [-0.39, 0.29) is 5.75 Å². The first-order valence-corrected chi connectivity index (χ1v) is 4.87. The molecule has 6 heteroatoms. The number of hydrogen-bond acceptors (Lipinski definition) is 2. The van der Waals surface area contributed by atoms with E-state index < -0.39 is 35.6 Å². The van der Waals surface area contributed by atoms with Gasteiger partial charge in [-0.05, 0) is 6.92 Å². The van der Waals surface area contributed by atoms with Gasteiger partial charge in [-0.1, -0.05) is 0 Å². The lowest BCUT2D eigenvalue weighted by molar-refractivity contribution is 0.0630. The Morgan fingerprint density at radius 3 is 2.12 bits per heavy atom. The second-order valence-electron chi connectivity index (χ2n) is 4.05. The fourth-order valence-corrected chi connectivity index (χ4v) is 1.32. The molecule has 96 valence electrons. The predicted octanol–water partition coefficient (Wildman–Crippen LogP) is 2.50. The fourth-order valence-electron chi connectivity index (χ4n) is 1.32. The maximum atomic E-state index is 13.5. The van der Waals surface area contributed by atoms with Crippen LogP contribution in [0, 0.1) is 11.6 Å². The van der Waals surface area contributed by atoms with Crippen molar-refractivity contribution < 1.29 is 22.3 Å². The van der Waals surface area contributed by atoms with Crippen molar-refractivity contribution in [2.24, 2.45) is 5.73 Å². The number of rotatable bonds is 4. The van der Waals surface area contributed by atoms with E-state index in [9.17, 15) is 17.6 Å². The molecule has 1 rings (SSSR count). The smallest absolute Gasteiger partial charge is 0.256 e. The molecule has 17 heavy (non-hydrogen) atoms. The summed E-state index contributed by atoms with van der Waals surface area (Å²) in [5.74, 6) is -1.90. The molecule has 2 nitrogen and oxygen atoms in total. The first-order chi connectivity index (χ1) is 7.77. The zero-order valence-corrected chi connectivity index (χ0v) is 9.44. The number of alkyl halides is 2. The zero-order chi connectivity index (χ0) is 13.2. The number of hydrogen-bond donors (Lipinski definition) is 1. The third-order valence-electron chi connectivity index (χ3n) is 2.41. The number of halogens is 4. The maximum Gasteiger partial charge on any atom is 0.256 e. The van der Waals surface area contributed by atoms with Crippen molar-refractivity contribution in [1.82, 2.24) is 0 Å². The van der Waals surface area contributed by atoms with Gasteiger partial charge in [0.05, 0.1) is 12.6 Å². The van der Waals surface area contributed by atoms with E-state index in [0.29, 0.717) is 0 Å². The highest BCUT2D eigenvalue weighted by Crippen LogP contribution is 2.25. The molecule has 0 saturated heterocycles. The van der Waals surface area contributed by atoms with Crippen LogP contribution in [0.4, 0.5) is 17.6 Å². The second kappa shape index (κ2) is 4.91. The van der Waals surface area contributed by atoms with Gasteiger partial charge in [0.2, 0.25) is 0 Å². The van der Waals surface area contributed by atoms with E-state index in [4.69, 9.17) is 5.73 Å². The molecule has 1 aromatic rings. The highest BCUT2D eigenvalue weighted by molar-refractivity contribution is 5.31. The molecule has 1 aromatic carbocycles. The molecular weight excluding hydrogens is 238 g/mol. The molecule has 1 unspecified atom stereocenters. The van der Waals surface area contributed by atoms with Crippen LogP contribution in [-0.4, -0.2) is 19.1 Å². The Balaban J connectivity index is 3.08. The highest BCUT2D eigenvalue weighted by Gasteiger charge is 2.32. The van der Waals surface area contributed by atoms with Crippen molar-refractivity contribution in [1.29, 1.82) is 0 Å². The molecule has 0 bridgehead atoms. The molecule has 0 heterocycles. The van der Waals surface area contributed by atoms with Gasteiger partial charge >= 0.3 is 0 Å². The van der Waals surface area contributed by atoms with Gasteiger partial charge in [0.25, 0.3) is 6.43 Å². The number of ether oxygens (including phenoxy) is 1. The Morgan fingerprint density at radius 2 is 1.76 bits per heavy atom. The van der Waals surface area contributed by atoms with Gasteiger partial charge in [0.15, 0.2) is 0 Å². The summed E-state index contributed by atoms with van der Waals surface area (Å²) in [6.45, 7) is 1.04. The van der Waals surface area contributed by atoms with Crippen LogP contribution < -0.4 is 10.5 Å². The van der Waals surface area contributed by atoms with Gasteiger partial charge < -0.3 is 10.5 Å². The van der Waals surface area contributed by atoms with Gasteiger partial charge in [-0.15, -0.1) is 0 Å². The molecule has 0 spiro atoms. The summed E-state index contributed by atoms with van der Waals surface area (Å²) in [5, 5.41) is 0. The lowest BCUT2D eigenvalue weighted by Crippen LogP contribution is -2.46. The molecular formula is C11H13F4NO. The van der Waals surface area contributed by atoms with E-state index in [1.165, 1.54) is 7.11 Å². The Morgan fingerprint density at radius 1 is 1.29 bits per heavy atom. The second-order valence-corrected chi connectivity index (χ2v) is 4.05. The molecule has 0 aliphatic rings. The minimum Gasteiger partial charge on any atom is -0.497 e. The van der Waals surface area contributed by atoms with E-state index in [2.05, 4.69) is 4.74 Å². The van der Waals surface area contributed by atoms with Gasteiger partial charge in [-0.2, -0.15) is 0 Å². The molecule has 0 fully saturated rings. The first-order valence-electron chi connectivity index (χ1n) is 4.87. The third-order valence-corrected chi connectivity index (χ3v) is 2.41. The minimum atomic E-state index is -2.87. The van der Waals surface area contributed by atoms with Crippen LogP contribution in [0.5, 0.6) is 5.75 Å². The Hall–Kier alpha value is -1.30. The van der Waals surface area contributed by atoms with Crippen LogP contribution in [0.1, 0.15) is 12.5 Å². The maximum absolute atomic E-state index is 13.5. The van der Waals surface area contributed by atoms with E-state index in [0.717, 1.165) is 19.1 Å². The molecule has 2 N–H and O–H groups in total. The Kier molecular flexibility index (Phi) is 3.98. The zero-order valence-electron chi connectivity index (χ0n) is 9.44. The standard InChI is InChI=1S/C11H13F4NO/c1-11(16,10(14)15)5-7-8(12)3-6(17-2)4-9(7)13/h3-4,10H,5,16H2,1-2H3. The first kappa shape index (κ1) is 13.8. The Labute approximate surface area is 96.4 Å². The largest absolute Gasteiger partial charge is 0.497 e. The van der Waals surface area contributed by atoms with Gasteiger partial charge in [0, 0.05) is 24.1 Å². The lowest BCUT2D eigenvalue weighted by Gasteiger charge is -2.24. The average Bonchev–Trinajstić information content (AvgIpc) is 2.22. The van der Waals surface area contributed by atoms with Crippen molar-refractivity contribution in [3.63, 3.8) is 0 Å². The van der Waals surface area contributed by atoms with Crippen LogP contribution in [0.2, 0.25) is 0 Å². The summed E-state index contributed by atoms with van der Waals surface area (Å²) in [4.78, 5) is 0. The molecule has 0 saturated carbocycles. The Bertz CT molecular complexity index is 383. The number of nitrogens with two attached hydrogens (primary N) is 1. The number of benzene rings is 1. The summed E-state index contributed by atoms with van der Waals surface area (Å²) in [6, 6.07) is 1.86. The van der Waals surface area contributed by atoms with Crippen LogP contribution in [0.15, 0.2) is 12.1 Å². The van der Waals surface area contributed by atoms with Crippen molar-refractivity contribution in [2.45, 2.75) is 25.3 Å². The van der Waals surface area contributed by atoms with Crippen molar-refractivity contribution in [3.8, 4) is 5.75 Å². The fraction of sp³-hybridized carbons (Fsp3) is 0.455. The molecule has 0 aliphatic carbocycles. The van der Waals surface area contributed by atoms with E-state index in [1.807, 2.05) is 0 Å². The predicted molar refractivity (Wildman–Crippen MR) is 55.2 cm³/mol. The molecule has 0 aromatic heterocycles. The van der Waals surface area contributed by atoms with Crippen LogP contribution in [0.3, 0.4) is 0 Å². The minimum absolute atomic E-state index is 0.0143. The van der Waals surface area contributed by atoms with Crippen LogP contribution in [-0.2, 0) is 6.42 Å². The topological polar surface area (TPSA) is 35.2 Å². The summed E-state index contributed by atoms with van der Waals surface area (Å²) in [7, 11) is 1.25. The van der Waals surface area contributed by atoms with Gasteiger partial charge in [-0.3, -0.25) is 0 Å². The summed E-state index contributed by atoms with van der Waals surface area (Å²) < 4.78 is 56.6. The molecule has 1 atom stereocenters. The molecule has 0 amide bonds. The quantitative estimate of drug-likeness (QED) is 0.834. The summed E-state index contributed by atoms with van der Waals surface area (Å²) >= 11 is 0. The van der Waals surface area contributed by atoms with Crippen LogP contribution in [0.25, 0.3) is 0 Å².